The third kappa shape index (κ3) is 3.69. The number of likely N-dealkylation sites (N-methyl/N-ethyl adjacent to an activating group) is 1. The first-order chi connectivity index (χ1) is 17.9. The van der Waals surface area contributed by atoms with Gasteiger partial charge < -0.3 is 25.1 Å². The molecular weight excluding hydrogens is 491 g/mol. The number of nitrogens with one attached hydrogen (secondary N) is 1. The summed E-state index contributed by atoms with van der Waals surface area (Å²) in [4.78, 5) is 16.4. The minimum absolute atomic E-state index is 0.0595. The Morgan fingerprint density at radius 1 is 1.11 bits per heavy atom. The normalized spacial score (nSPS) is 21.5. The maximum absolute atomic E-state index is 16.6. The molecule has 0 amide bonds. The van der Waals surface area contributed by atoms with Gasteiger partial charge in [-0.25, -0.2) is 9.37 Å². The van der Waals surface area contributed by atoms with Crippen LogP contribution in [0.2, 0.25) is 5.02 Å². The lowest BCUT2D eigenvalue weighted by Crippen LogP contribution is -2.58. The van der Waals surface area contributed by atoms with Gasteiger partial charge >= 0.3 is 0 Å². The molecule has 3 heterocycles. The molecule has 3 aliphatic rings. The van der Waals surface area contributed by atoms with Crippen molar-refractivity contribution in [3.63, 3.8) is 0 Å². The average Bonchev–Trinajstić information content (AvgIpc) is 3.63. The first kappa shape index (κ1) is 23.0. The van der Waals surface area contributed by atoms with Crippen LogP contribution in [0.5, 0.6) is 5.75 Å². The summed E-state index contributed by atoms with van der Waals surface area (Å²) in [5.74, 6) is 0.860. The Labute approximate surface area is 219 Å². The van der Waals surface area contributed by atoms with Crippen LogP contribution in [-0.2, 0) is 0 Å². The van der Waals surface area contributed by atoms with Crippen molar-refractivity contribution >= 4 is 45.0 Å². The second-order valence-electron chi connectivity index (χ2n) is 10.6. The lowest BCUT2D eigenvalue weighted by Gasteiger charge is -2.43. The zero-order chi connectivity index (χ0) is 25.4. The molecule has 0 bridgehead atoms. The van der Waals surface area contributed by atoms with E-state index in [-0.39, 0.29) is 21.9 Å². The molecule has 7 nitrogen and oxygen atoms in total. The smallest absolute Gasteiger partial charge is 0.228 e. The molecule has 3 aromatic carbocycles. The van der Waals surface area contributed by atoms with Crippen molar-refractivity contribution < 1.29 is 9.50 Å². The van der Waals surface area contributed by atoms with E-state index in [9.17, 15) is 5.11 Å². The van der Waals surface area contributed by atoms with Crippen LogP contribution in [0.1, 0.15) is 6.42 Å². The fourth-order valence-corrected chi connectivity index (χ4v) is 6.06. The highest BCUT2D eigenvalue weighted by atomic mass is 35.5. The molecule has 1 aliphatic carbocycles. The third-order valence-electron chi connectivity index (χ3n) is 8.03. The number of fused-ring (bicyclic) bond motifs is 3. The average molecular weight is 519 g/mol. The molecule has 9 heteroatoms. The molecule has 2 saturated heterocycles. The number of hydrogen-bond acceptors (Lipinski definition) is 7. The van der Waals surface area contributed by atoms with E-state index in [1.165, 1.54) is 0 Å². The molecule has 37 heavy (non-hydrogen) atoms. The van der Waals surface area contributed by atoms with Gasteiger partial charge in [0.05, 0.1) is 5.02 Å². The highest BCUT2D eigenvalue weighted by Crippen LogP contribution is 2.44. The maximum Gasteiger partial charge on any atom is 0.228 e. The molecule has 4 aromatic rings. The standard InChI is InChI=1S/C28H28ClFN6O/c1-34(2)16-13-35(14-16)28-32-26-20(27(33-28)36-8-7-31-22-12-23(22)36)11-21(29)24(25(26)30)19-10-17(37)9-15-5-3-4-6-18(15)19/h3-6,9-11,16,22-23,31,37H,7-8,12-14H2,1-2H3/t22?,23-/m1/s1. The second-order valence-corrected chi connectivity index (χ2v) is 11.0. The van der Waals surface area contributed by atoms with Crippen LogP contribution in [0.4, 0.5) is 16.2 Å². The Bertz CT molecular complexity index is 1560. The number of phenolic OH excluding ortho intramolecular Hbond substituents is 1. The summed E-state index contributed by atoms with van der Waals surface area (Å²) in [7, 11) is 4.13. The SMILES string of the molecule is CN(C)C1CN(c2nc(N3CCNC4C[C@H]43)c3cc(Cl)c(-c4cc(O)cc5ccccc45)c(F)c3n2)C1. The summed E-state index contributed by atoms with van der Waals surface area (Å²) in [5, 5.41) is 16.5. The van der Waals surface area contributed by atoms with Gasteiger partial charge in [0, 0.05) is 55.3 Å². The number of nitrogens with zero attached hydrogens (tertiary/aromatic N) is 5. The van der Waals surface area contributed by atoms with E-state index in [0.717, 1.165) is 49.2 Å². The number of phenols is 1. The van der Waals surface area contributed by atoms with Gasteiger partial charge in [0.2, 0.25) is 5.95 Å². The van der Waals surface area contributed by atoms with Crippen LogP contribution in [0, 0.1) is 5.82 Å². The van der Waals surface area contributed by atoms with Crippen molar-refractivity contribution in [2.75, 3.05) is 50.1 Å². The topological polar surface area (TPSA) is 67.8 Å². The van der Waals surface area contributed by atoms with Crippen LogP contribution >= 0.6 is 11.6 Å². The van der Waals surface area contributed by atoms with Gasteiger partial charge in [-0.3, -0.25) is 0 Å². The molecule has 2 aliphatic heterocycles. The van der Waals surface area contributed by atoms with Crippen LogP contribution < -0.4 is 15.1 Å². The van der Waals surface area contributed by atoms with Gasteiger partial charge in [0.25, 0.3) is 0 Å². The third-order valence-corrected chi connectivity index (χ3v) is 8.33. The van der Waals surface area contributed by atoms with Crippen LogP contribution in [-0.4, -0.2) is 78.4 Å². The molecule has 2 N–H and O–H groups in total. The highest BCUT2D eigenvalue weighted by molar-refractivity contribution is 6.35. The molecular formula is C28H28ClFN6O. The van der Waals surface area contributed by atoms with Gasteiger partial charge in [-0.2, -0.15) is 4.98 Å². The van der Waals surface area contributed by atoms with Crippen LogP contribution in [0.15, 0.2) is 42.5 Å². The summed E-state index contributed by atoms with van der Waals surface area (Å²) >= 11 is 6.82. The fourth-order valence-electron chi connectivity index (χ4n) is 5.77. The lowest BCUT2D eigenvalue weighted by atomic mass is 9.96. The Balaban J connectivity index is 1.44. The number of hydrogen-bond donors (Lipinski definition) is 2. The Hall–Kier alpha value is -3.20. The second kappa shape index (κ2) is 8.41. The van der Waals surface area contributed by atoms with E-state index in [2.05, 4.69) is 34.1 Å². The predicted molar refractivity (Wildman–Crippen MR) is 146 cm³/mol. The monoisotopic (exact) mass is 518 g/mol. The summed E-state index contributed by atoms with van der Waals surface area (Å²) < 4.78 is 16.6. The molecule has 1 unspecified atom stereocenters. The van der Waals surface area contributed by atoms with E-state index in [4.69, 9.17) is 21.6 Å². The van der Waals surface area contributed by atoms with Gasteiger partial charge in [-0.15, -0.1) is 0 Å². The number of aromatic nitrogens is 2. The minimum Gasteiger partial charge on any atom is -0.508 e. The van der Waals surface area contributed by atoms with Gasteiger partial charge in [0.1, 0.15) is 17.1 Å². The maximum atomic E-state index is 16.6. The van der Waals surface area contributed by atoms with Crippen molar-refractivity contribution in [3.05, 3.63) is 53.3 Å². The summed E-state index contributed by atoms with van der Waals surface area (Å²) in [6.45, 7) is 3.25. The van der Waals surface area contributed by atoms with Gasteiger partial charge in [-0.1, -0.05) is 35.9 Å². The van der Waals surface area contributed by atoms with Crippen LogP contribution in [0.25, 0.3) is 32.8 Å². The first-order valence-electron chi connectivity index (χ1n) is 12.7. The van der Waals surface area contributed by atoms with Gasteiger partial charge in [-0.05, 0) is 55.1 Å². The molecule has 2 atom stereocenters. The quantitative estimate of drug-likeness (QED) is 0.418. The van der Waals surface area contributed by atoms with Crippen molar-refractivity contribution in [1.82, 2.24) is 20.2 Å². The first-order valence-corrected chi connectivity index (χ1v) is 13.1. The Morgan fingerprint density at radius 3 is 2.73 bits per heavy atom. The fraction of sp³-hybridized carbons (Fsp3) is 0.357. The van der Waals surface area contributed by atoms with Crippen molar-refractivity contribution in [2.45, 2.75) is 24.5 Å². The van der Waals surface area contributed by atoms with Crippen molar-refractivity contribution in [1.29, 1.82) is 0 Å². The largest absolute Gasteiger partial charge is 0.508 e. The zero-order valence-corrected chi connectivity index (χ0v) is 21.5. The van der Waals surface area contributed by atoms with Crippen molar-refractivity contribution in [2.24, 2.45) is 0 Å². The number of anilines is 2. The van der Waals surface area contributed by atoms with E-state index in [0.29, 0.717) is 35.0 Å². The van der Waals surface area contributed by atoms with Crippen LogP contribution in [0.3, 0.4) is 0 Å². The molecule has 1 aromatic heterocycles. The molecule has 190 valence electrons. The predicted octanol–water partition coefficient (Wildman–Crippen LogP) is 4.25. The molecule has 1 saturated carbocycles. The molecule has 3 fully saturated rings. The summed E-state index contributed by atoms with van der Waals surface area (Å²) in [6, 6.07) is 13.9. The summed E-state index contributed by atoms with van der Waals surface area (Å²) in [6.07, 6.45) is 1.05. The number of aromatic hydroxyl groups is 1. The van der Waals surface area contributed by atoms with Crippen molar-refractivity contribution in [3.8, 4) is 16.9 Å². The molecule has 0 radical (unpaired) electrons. The van der Waals surface area contributed by atoms with Gasteiger partial charge in [0.15, 0.2) is 5.82 Å². The Morgan fingerprint density at radius 2 is 1.92 bits per heavy atom. The molecule has 0 spiro atoms. The highest BCUT2D eigenvalue weighted by Gasteiger charge is 2.45. The van der Waals surface area contributed by atoms with E-state index in [1.54, 1.807) is 18.2 Å². The Kier molecular flexibility index (Phi) is 5.22. The summed E-state index contributed by atoms with van der Waals surface area (Å²) in [5.41, 5.74) is 1.05. The number of rotatable bonds is 4. The number of benzene rings is 3. The minimum atomic E-state index is -0.490. The number of piperazine rings is 1. The lowest BCUT2D eigenvalue weighted by molar-refractivity contribution is 0.245. The zero-order valence-electron chi connectivity index (χ0n) is 20.7. The van der Waals surface area contributed by atoms with E-state index >= 15 is 4.39 Å². The molecule has 7 rings (SSSR count). The number of halogens is 2. The van der Waals surface area contributed by atoms with E-state index in [1.807, 2.05) is 24.3 Å². The van der Waals surface area contributed by atoms with E-state index < -0.39 is 5.82 Å².